The molecule has 3 aliphatic carbocycles. The lowest BCUT2D eigenvalue weighted by Crippen LogP contribution is -2.72. The summed E-state index contributed by atoms with van der Waals surface area (Å²) in [6.45, 7) is 11.1. The van der Waals surface area contributed by atoms with Gasteiger partial charge in [-0.3, -0.25) is 4.79 Å². The van der Waals surface area contributed by atoms with Crippen molar-refractivity contribution in [2.75, 3.05) is 0 Å². The molecule has 5 rings (SSSR count). The summed E-state index contributed by atoms with van der Waals surface area (Å²) in [6.07, 6.45) is 5.81. The van der Waals surface area contributed by atoms with Crippen molar-refractivity contribution in [3.63, 3.8) is 0 Å². The molecule has 2 N–H and O–H groups in total. The summed E-state index contributed by atoms with van der Waals surface area (Å²) in [5.41, 5.74) is -0.514. The number of hydrogen-bond donors (Lipinski definition) is 2. The van der Waals surface area contributed by atoms with Gasteiger partial charge in [0.1, 0.15) is 0 Å². The van der Waals surface area contributed by atoms with Gasteiger partial charge >= 0.3 is 0 Å². The van der Waals surface area contributed by atoms with Crippen molar-refractivity contribution in [1.82, 2.24) is 5.32 Å². The molecule has 0 aromatic carbocycles. The van der Waals surface area contributed by atoms with Crippen LogP contribution in [0.5, 0.6) is 0 Å². The number of ether oxygens (including phenoxy) is 1. The SMILES string of the molecule is CC1=C[C@@H]2C[C@@]3(C)OC4C[C@H]3[C@@](O)(C4)[C@]23C(=O)N[C@@H](CC(C)C)[C@@H]3[C@@H]1C. The number of carbonyl (C=O) groups excluding carboxylic acids is 1. The first-order valence-corrected chi connectivity index (χ1v) is 10.5. The van der Waals surface area contributed by atoms with E-state index < -0.39 is 11.0 Å². The zero-order chi connectivity index (χ0) is 18.6. The van der Waals surface area contributed by atoms with Crippen molar-refractivity contribution in [2.24, 2.45) is 35.0 Å². The molecule has 0 aromatic rings. The number of rotatable bonds is 2. The highest BCUT2D eigenvalue weighted by Gasteiger charge is 2.81. The van der Waals surface area contributed by atoms with E-state index in [2.05, 4.69) is 46.0 Å². The van der Waals surface area contributed by atoms with Gasteiger partial charge < -0.3 is 15.2 Å². The number of amides is 1. The van der Waals surface area contributed by atoms with E-state index in [9.17, 15) is 9.90 Å². The van der Waals surface area contributed by atoms with Gasteiger partial charge in [0.15, 0.2) is 0 Å². The molecule has 4 fully saturated rings. The molecule has 2 heterocycles. The van der Waals surface area contributed by atoms with Gasteiger partial charge in [-0.15, -0.1) is 0 Å². The minimum atomic E-state index is -0.931. The van der Waals surface area contributed by atoms with E-state index in [0.717, 1.165) is 19.3 Å². The number of allylic oxidation sites excluding steroid dienone is 2. The van der Waals surface area contributed by atoms with Crippen LogP contribution in [0.2, 0.25) is 0 Å². The fraction of sp³-hybridized carbons (Fsp3) is 0.864. The molecule has 2 bridgehead atoms. The van der Waals surface area contributed by atoms with Gasteiger partial charge in [-0.1, -0.05) is 32.4 Å². The first-order valence-electron chi connectivity index (χ1n) is 10.5. The Kier molecular flexibility index (Phi) is 3.27. The highest BCUT2D eigenvalue weighted by atomic mass is 16.5. The average Bonchev–Trinajstić information content (AvgIpc) is 3.11. The second kappa shape index (κ2) is 4.94. The monoisotopic (exact) mass is 359 g/mol. The van der Waals surface area contributed by atoms with E-state index in [0.29, 0.717) is 18.3 Å². The summed E-state index contributed by atoms with van der Waals surface area (Å²) >= 11 is 0. The fourth-order valence-corrected chi connectivity index (χ4v) is 8.05. The highest BCUT2D eigenvalue weighted by Crippen LogP contribution is 2.72. The summed E-state index contributed by atoms with van der Waals surface area (Å²) < 4.78 is 6.35. The Balaban J connectivity index is 1.71. The van der Waals surface area contributed by atoms with Crippen LogP contribution in [0.15, 0.2) is 11.6 Å². The van der Waals surface area contributed by atoms with Crippen LogP contribution < -0.4 is 5.32 Å². The van der Waals surface area contributed by atoms with Gasteiger partial charge in [0, 0.05) is 24.3 Å². The quantitative estimate of drug-likeness (QED) is 0.745. The largest absolute Gasteiger partial charge is 0.388 e. The second-order valence-electron chi connectivity index (χ2n) is 10.6. The Morgan fingerprint density at radius 2 is 2.12 bits per heavy atom. The normalized spacial score (nSPS) is 57.0. The lowest BCUT2D eigenvalue weighted by molar-refractivity contribution is -0.264. The molecule has 144 valence electrons. The zero-order valence-electron chi connectivity index (χ0n) is 16.7. The first-order chi connectivity index (χ1) is 12.1. The third kappa shape index (κ3) is 1.72. The van der Waals surface area contributed by atoms with Gasteiger partial charge in [0.25, 0.3) is 0 Å². The van der Waals surface area contributed by atoms with Crippen LogP contribution >= 0.6 is 0 Å². The molecule has 4 nitrogen and oxygen atoms in total. The topological polar surface area (TPSA) is 58.6 Å². The van der Waals surface area contributed by atoms with E-state index in [1.807, 2.05) is 0 Å². The van der Waals surface area contributed by atoms with Gasteiger partial charge in [-0.2, -0.15) is 0 Å². The van der Waals surface area contributed by atoms with Crippen molar-refractivity contribution in [1.29, 1.82) is 0 Å². The maximum atomic E-state index is 13.6. The summed E-state index contributed by atoms with van der Waals surface area (Å²) in [5, 5.41) is 15.6. The minimum Gasteiger partial charge on any atom is -0.388 e. The van der Waals surface area contributed by atoms with Crippen LogP contribution in [0.1, 0.15) is 60.3 Å². The van der Waals surface area contributed by atoms with E-state index in [1.54, 1.807) is 0 Å². The number of carbonyl (C=O) groups is 1. The molecule has 9 atom stereocenters. The Morgan fingerprint density at radius 3 is 2.77 bits per heavy atom. The third-order valence-corrected chi connectivity index (χ3v) is 8.81. The predicted molar refractivity (Wildman–Crippen MR) is 99.3 cm³/mol. The predicted octanol–water partition coefficient (Wildman–Crippen LogP) is 3.05. The molecule has 4 heteroatoms. The molecule has 0 aromatic heterocycles. The minimum absolute atomic E-state index is 0.0752. The maximum absolute atomic E-state index is 13.6. The number of nitrogens with one attached hydrogen (secondary N) is 1. The van der Waals surface area contributed by atoms with Crippen LogP contribution in [0.3, 0.4) is 0 Å². The first kappa shape index (κ1) is 17.2. The third-order valence-electron chi connectivity index (χ3n) is 8.81. The zero-order valence-corrected chi connectivity index (χ0v) is 16.7. The summed E-state index contributed by atoms with van der Waals surface area (Å²) in [7, 11) is 0. The molecule has 0 radical (unpaired) electrons. The molecule has 26 heavy (non-hydrogen) atoms. The van der Waals surface area contributed by atoms with Crippen molar-refractivity contribution in [2.45, 2.75) is 83.6 Å². The second-order valence-corrected chi connectivity index (χ2v) is 10.6. The van der Waals surface area contributed by atoms with E-state index >= 15 is 0 Å². The standard InChI is InChI=1S/C22H33NO3/c1-11(2)6-16-18-13(4)12(3)7-14-9-20(5)17-8-15(26-20)10-21(17,25)22(14,18)19(24)23-16/h7,11,13-18,25H,6,8-10H2,1-5H3,(H,23,24)/t13-,14-,15?,16+,17-,18+,20-,21+,22-/m1/s1. The van der Waals surface area contributed by atoms with Crippen molar-refractivity contribution < 1.29 is 14.6 Å². The van der Waals surface area contributed by atoms with Crippen LogP contribution in [0.25, 0.3) is 0 Å². The van der Waals surface area contributed by atoms with Crippen LogP contribution in [0, 0.1) is 35.0 Å². The molecular formula is C22H33NO3. The molecule has 2 saturated carbocycles. The van der Waals surface area contributed by atoms with Crippen LogP contribution in [-0.4, -0.2) is 34.4 Å². The van der Waals surface area contributed by atoms with E-state index in [-0.39, 0.29) is 41.4 Å². The summed E-state index contributed by atoms with van der Waals surface area (Å²) in [6, 6.07) is 0.164. The molecule has 1 spiro atoms. The number of fused-ring (bicyclic) bond motifs is 1. The molecule has 2 saturated heterocycles. The molecule has 5 aliphatic rings. The van der Waals surface area contributed by atoms with Crippen molar-refractivity contribution >= 4 is 5.91 Å². The summed E-state index contributed by atoms with van der Waals surface area (Å²) in [4.78, 5) is 13.6. The lowest BCUT2D eigenvalue weighted by Gasteiger charge is -2.63. The average molecular weight is 360 g/mol. The maximum Gasteiger partial charge on any atom is 0.230 e. The Bertz CT molecular complexity index is 702. The van der Waals surface area contributed by atoms with E-state index in [4.69, 9.17) is 4.74 Å². The fourth-order valence-electron chi connectivity index (χ4n) is 8.05. The van der Waals surface area contributed by atoms with Crippen LogP contribution in [0.4, 0.5) is 0 Å². The number of aliphatic hydroxyl groups is 1. The van der Waals surface area contributed by atoms with Gasteiger partial charge in [0.05, 0.1) is 22.7 Å². The van der Waals surface area contributed by atoms with Gasteiger partial charge in [-0.05, 0) is 50.9 Å². The van der Waals surface area contributed by atoms with Gasteiger partial charge in [0.2, 0.25) is 5.91 Å². The van der Waals surface area contributed by atoms with Crippen molar-refractivity contribution in [3.05, 3.63) is 11.6 Å². The number of hydrogen-bond acceptors (Lipinski definition) is 3. The Morgan fingerprint density at radius 1 is 1.38 bits per heavy atom. The van der Waals surface area contributed by atoms with Crippen molar-refractivity contribution in [3.8, 4) is 0 Å². The Hall–Kier alpha value is -0.870. The summed E-state index contributed by atoms with van der Waals surface area (Å²) in [5.74, 6) is 1.31. The molecule has 1 unspecified atom stereocenters. The lowest BCUT2D eigenvalue weighted by atomic mass is 9.42. The highest BCUT2D eigenvalue weighted by molar-refractivity contribution is 5.89. The van der Waals surface area contributed by atoms with Crippen LogP contribution in [-0.2, 0) is 9.53 Å². The smallest absolute Gasteiger partial charge is 0.230 e. The molecule has 2 aliphatic heterocycles. The Labute approximate surface area is 156 Å². The van der Waals surface area contributed by atoms with Gasteiger partial charge in [-0.25, -0.2) is 0 Å². The molecule has 1 amide bonds. The van der Waals surface area contributed by atoms with E-state index in [1.165, 1.54) is 5.57 Å². The molecular weight excluding hydrogens is 326 g/mol.